The fourth-order valence-electron chi connectivity index (χ4n) is 2.95. The van der Waals surface area contributed by atoms with Crippen molar-refractivity contribution in [2.24, 2.45) is 5.92 Å². The molecule has 2 heterocycles. The summed E-state index contributed by atoms with van der Waals surface area (Å²) in [6.07, 6.45) is 0.791. The summed E-state index contributed by atoms with van der Waals surface area (Å²) in [5.74, 6) is -0.363. The zero-order chi connectivity index (χ0) is 16.4. The first-order valence-electron chi connectivity index (χ1n) is 7.60. The Hall–Kier alpha value is -1.64. The smallest absolute Gasteiger partial charge is 0.306 e. The average molecular weight is 337 g/mol. The largest absolute Gasteiger partial charge is 0.481 e. The molecule has 1 aliphatic heterocycles. The van der Waals surface area contributed by atoms with Crippen molar-refractivity contribution in [1.82, 2.24) is 10.3 Å². The molecule has 1 saturated carbocycles. The van der Waals surface area contributed by atoms with E-state index < -0.39 is 18.0 Å². The van der Waals surface area contributed by atoms with Gasteiger partial charge >= 0.3 is 5.97 Å². The van der Waals surface area contributed by atoms with Crippen LogP contribution in [0.15, 0.2) is 17.0 Å². The number of amides is 1. The molecule has 1 fully saturated rings. The Balaban J connectivity index is 1.58. The summed E-state index contributed by atoms with van der Waals surface area (Å²) in [6.45, 7) is 0.466. The predicted octanol–water partition coefficient (Wildman–Crippen LogP) is 0.830. The van der Waals surface area contributed by atoms with E-state index in [2.05, 4.69) is 15.6 Å². The van der Waals surface area contributed by atoms with Crippen molar-refractivity contribution < 1.29 is 19.8 Å². The molecule has 0 bridgehead atoms. The number of hydrogen-bond acceptors (Lipinski definition) is 6. The van der Waals surface area contributed by atoms with E-state index in [1.54, 1.807) is 0 Å². The average Bonchev–Trinajstić information content (AvgIpc) is 2.53. The van der Waals surface area contributed by atoms with Crippen LogP contribution in [-0.2, 0) is 16.1 Å². The lowest BCUT2D eigenvalue weighted by Crippen LogP contribution is -2.45. The lowest BCUT2D eigenvalue weighted by molar-refractivity contribution is -0.144. The first-order chi connectivity index (χ1) is 11.0. The van der Waals surface area contributed by atoms with E-state index in [1.165, 1.54) is 11.8 Å². The van der Waals surface area contributed by atoms with Crippen molar-refractivity contribution in [2.75, 3.05) is 11.1 Å². The molecule has 0 radical (unpaired) electrons. The Morgan fingerprint density at radius 2 is 2.26 bits per heavy atom. The second kappa shape index (κ2) is 6.86. The lowest BCUT2D eigenvalue weighted by atomic mass is 9.84. The predicted molar refractivity (Wildman–Crippen MR) is 85.2 cm³/mol. The maximum Gasteiger partial charge on any atom is 0.306 e. The van der Waals surface area contributed by atoms with Crippen molar-refractivity contribution >= 4 is 29.5 Å². The van der Waals surface area contributed by atoms with Crippen molar-refractivity contribution in [3.8, 4) is 0 Å². The van der Waals surface area contributed by atoms with Gasteiger partial charge < -0.3 is 20.8 Å². The van der Waals surface area contributed by atoms with E-state index in [9.17, 15) is 14.7 Å². The summed E-state index contributed by atoms with van der Waals surface area (Å²) in [5.41, 5.74) is 0.777. The molecule has 23 heavy (non-hydrogen) atoms. The number of carboxylic acids is 1. The van der Waals surface area contributed by atoms with Gasteiger partial charge in [0.15, 0.2) is 0 Å². The van der Waals surface area contributed by atoms with Crippen molar-refractivity contribution in [3.63, 3.8) is 0 Å². The number of thioether (sulfide) groups is 1. The van der Waals surface area contributed by atoms with Crippen molar-refractivity contribution in [2.45, 2.75) is 42.8 Å². The summed E-state index contributed by atoms with van der Waals surface area (Å²) in [4.78, 5) is 27.8. The summed E-state index contributed by atoms with van der Waals surface area (Å²) in [7, 11) is 0. The van der Waals surface area contributed by atoms with Gasteiger partial charge in [-0.25, -0.2) is 4.98 Å². The molecule has 0 unspecified atom stereocenters. The molecule has 3 rings (SSSR count). The standard InChI is InChI=1S/C15H19N3O4S/c19-11-5-8(15(21)22)1-3-10(11)16-6-9-2-4-12-14(17-9)18-13(20)7-23-12/h2,4,8,10-11,16,19H,1,3,5-7H2,(H,21,22)(H,17,18,20)/t8-,10-,11+/m0/s1. The Morgan fingerprint density at radius 1 is 1.43 bits per heavy atom. The SMILES string of the molecule is O=C1CSc2ccc(CN[C@H]3CC[C@H](C(=O)O)C[C@H]3O)nc2N1. The Labute approximate surface area is 137 Å². The maximum absolute atomic E-state index is 11.4. The first kappa shape index (κ1) is 16.2. The molecule has 124 valence electrons. The molecule has 0 spiro atoms. The van der Waals surface area contributed by atoms with Crippen LogP contribution in [0.5, 0.6) is 0 Å². The number of aliphatic carboxylic acids is 1. The van der Waals surface area contributed by atoms with Crippen LogP contribution in [0.25, 0.3) is 0 Å². The third-order valence-electron chi connectivity index (χ3n) is 4.24. The first-order valence-corrected chi connectivity index (χ1v) is 8.58. The van der Waals surface area contributed by atoms with Gasteiger partial charge in [-0.1, -0.05) is 0 Å². The van der Waals surface area contributed by atoms with Crippen LogP contribution in [0.2, 0.25) is 0 Å². The van der Waals surface area contributed by atoms with Crippen LogP contribution in [0.4, 0.5) is 5.82 Å². The number of rotatable bonds is 4. The van der Waals surface area contributed by atoms with Crippen LogP contribution < -0.4 is 10.6 Å². The van der Waals surface area contributed by atoms with E-state index in [-0.39, 0.29) is 18.4 Å². The van der Waals surface area contributed by atoms with Crippen molar-refractivity contribution in [1.29, 1.82) is 0 Å². The third kappa shape index (κ3) is 3.82. The normalized spacial score (nSPS) is 27.2. The minimum Gasteiger partial charge on any atom is -0.481 e. The van der Waals surface area contributed by atoms with Gasteiger partial charge in [0.05, 0.1) is 28.4 Å². The molecule has 1 aromatic rings. The molecule has 0 saturated heterocycles. The highest BCUT2D eigenvalue weighted by Crippen LogP contribution is 2.30. The number of hydrogen-bond donors (Lipinski definition) is 4. The number of pyridine rings is 1. The molecular formula is C15H19N3O4S. The number of anilines is 1. The van der Waals surface area contributed by atoms with E-state index in [0.29, 0.717) is 31.0 Å². The molecule has 8 heteroatoms. The van der Waals surface area contributed by atoms with Gasteiger partial charge in [-0.05, 0) is 31.4 Å². The van der Waals surface area contributed by atoms with Crippen LogP contribution in [0.3, 0.4) is 0 Å². The number of aliphatic hydroxyl groups excluding tert-OH is 1. The molecule has 0 aromatic carbocycles. The number of carbonyl (C=O) groups excluding carboxylic acids is 1. The minimum absolute atomic E-state index is 0.0532. The summed E-state index contributed by atoms with van der Waals surface area (Å²) in [5, 5.41) is 25.1. The van der Waals surface area contributed by atoms with Gasteiger partial charge in [0.25, 0.3) is 0 Å². The molecule has 7 nitrogen and oxygen atoms in total. The number of nitrogens with one attached hydrogen (secondary N) is 2. The lowest BCUT2D eigenvalue weighted by Gasteiger charge is -2.31. The maximum atomic E-state index is 11.4. The quantitative estimate of drug-likeness (QED) is 0.644. The number of nitrogens with zero attached hydrogens (tertiary/aromatic N) is 1. The Morgan fingerprint density at radius 3 is 3.00 bits per heavy atom. The number of carbonyl (C=O) groups is 2. The fraction of sp³-hybridized carbons (Fsp3) is 0.533. The number of fused-ring (bicyclic) bond motifs is 1. The molecule has 4 N–H and O–H groups in total. The van der Waals surface area contributed by atoms with Gasteiger partial charge in [0.2, 0.25) is 5.91 Å². The van der Waals surface area contributed by atoms with Crippen molar-refractivity contribution in [3.05, 3.63) is 17.8 Å². The second-order valence-corrected chi connectivity index (χ2v) is 6.91. The van der Waals surface area contributed by atoms with Gasteiger partial charge in [-0.2, -0.15) is 0 Å². The summed E-state index contributed by atoms with van der Waals surface area (Å²) in [6, 6.07) is 3.69. The van der Waals surface area contributed by atoms with Crippen LogP contribution in [0.1, 0.15) is 25.0 Å². The highest BCUT2D eigenvalue weighted by atomic mass is 32.2. The molecule has 1 aliphatic carbocycles. The fourth-order valence-corrected chi connectivity index (χ4v) is 3.70. The molecule has 1 amide bonds. The van der Waals surface area contributed by atoms with Gasteiger partial charge in [-0.3, -0.25) is 9.59 Å². The van der Waals surface area contributed by atoms with Gasteiger partial charge in [0, 0.05) is 12.6 Å². The van der Waals surface area contributed by atoms with E-state index in [4.69, 9.17) is 5.11 Å². The zero-order valence-corrected chi connectivity index (χ0v) is 13.3. The highest BCUT2D eigenvalue weighted by molar-refractivity contribution is 8.00. The zero-order valence-electron chi connectivity index (χ0n) is 12.5. The van der Waals surface area contributed by atoms with Crippen LogP contribution in [0, 0.1) is 5.92 Å². The number of aliphatic hydroxyl groups is 1. The third-order valence-corrected chi connectivity index (χ3v) is 5.29. The second-order valence-electron chi connectivity index (χ2n) is 5.89. The van der Waals surface area contributed by atoms with Crippen LogP contribution in [-0.4, -0.2) is 45.0 Å². The van der Waals surface area contributed by atoms with Crippen LogP contribution >= 0.6 is 11.8 Å². The monoisotopic (exact) mass is 337 g/mol. The Bertz CT molecular complexity index is 625. The highest BCUT2D eigenvalue weighted by Gasteiger charge is 2.32. The molecule has 2 aliphatic rings. The topological polar surface area (TPSA) is 112 Å². The molecule has 3 atom stereocenters. The minimum atomic E-state index is -0.841. The number of carboxylic acid groups (broad SMARTS) is 1. The van der Waals surface area contributed by atoms with E-state index in [1.807, 2.05) is 12.1 Å². The van der Waals surface area contributed by atoms with Gasteiger partial charge in [-0.15, -0.1) is 11.8 Å². The van der Waals surface area contributed by atoms with E-state index >= 15 is 0 Å². The van der Waals surface area contributed by atoms with Gasteiger partial charge in [0.1, 0.15) is 5.82 Å². The summed E-state index contributed by atoms with van der Waals surface area (Å²) < 4.78 is 0. The molecular weight excluding hydrogens is 318 g/mol. The Kier molecular flexibility index (Phi) is 4.84. The van der Waals surface area contributed by atoms with E-state index in [0.717, 1.165) is 10.6 Å². The molecule has 1 aromatic heterocycles. The summed E-state index contributed by atoms with van der Waals surface area (Å²) >= 11 is 1.46. The number of aromatic nitrogens is 1.